The van der Waals surface area contributed by atoms with E-state index in [-0.39, 0.29) is 27.1 Å². The van der Waals surface area contributed by atoms with E-state index < -0.39 is 24.5 Å². The van der Waals surface area contributed by atoms with Gasteiger partial charge >= 0.3 is 5.97 Å². The van der Waals surface area contributed by atoms with Gasteiger partial charge in [-0.25, -0.2) is 9.18 Å². The first-order chi connectivity index (χ1) is 14.2. The number of aliphatic hydroxyl groups excluding tert-OH is 1. The van der Waals surface area contributed by atoms with Crippen LogP contribution < -0.4 is 4.74 Å². The lowest BCUT2D eigenvalue weighted by atomic mass is 9.96. The lowest BCUT2D eigenvalue weighted by Crippen LogP contribution is -2.09. The summed E-state index contributed by atoms with van der Waals surface area (Å²) < 4.78 is 18.2. The average Bonchev–Trinajstić information content (AvgIpc) is 2.70. The largest absolute Gasteiger partial charge is 0.508 e. The number of carboxylic acid groups (broad SMARTS) is 1. The Balaban J connectivity index is 1.86. The molecule has 0 aromatic heterocycles. The molecule has 3 aromatic carbocycles. The number of carbonyl (C=O) groups is 1. The maximum Gasteiger partial charge on any atom is 0.341 e. The number of halogens is 3. The smallest absolute Gasteiger partial charge is 0.341 e. The molecule has 3 aromatic rings. The van der Waals surface area contributed by atoms with Crippen LogP contribution in [0.3, 0.4) is 0 Å². The van der Waals surface area contributed by atoms with Gasteiger partial charge in [-0.05, 0) is 53.1 Å². The Kier molecular flexibility index (Phi) is 6.82. The second-order valence-electron chi connectivity index (χ2n) is 6.57. The van der Waals surface area contributed by atoms with Crippen LogP contribution in [0.25, 0.3) is 0 Å². The Labute approximate surface area is 181 Å². The van der Waals surface area contributed by atoms with Gasteiger partial charge in [0.25, 0.3) is 0 Å². The van der Waals surface area contributed by atoms with Crippen LogP contribution in [0.2, 0.25) is 10.0 Å². The molecule has 30 heavy (non-hydrogen) atoms. The van der Waals surface area contributed by atoms with Crippen LogP contribution in [0, 0.1) is 5.82 Å². The fourth-order valence-electron chi connectivity index (χ4n) is 2.94. The molecule has 0 fully saturated rings. The van der Waals surface area contributed by atoms with Crippen LogP contribution in [0.5, 0.6) is 11.5 Å². The minimum atomic E-state index is -1.15. The zero-order valence-corrected chi connectivity index (χ0v) is 17.0. The van der Waals surface area contributed by atoms with Gasteiger partial charge in [-0.15, -0.1) is 0 Å². The Morgan fingerprint density at radius 2 is 1.67 bits per heavy atom. The molecule has 0 heterocycles. The van der Waals surface area contributed by atoms with Gasteiger partial charge in [0.2, 0.25) is 0 Å². The van der Waals surface area contributed by atoms with Crippen LogP contribution in [0.4, 0.5) is 4.39 Å². The molecule has 0 saturated carbocycles. The van der Waals surface area contributed by atoms with Crippen molar-refractivity contribution in [2.75, 3.05) is 6.61 Å². The predicted octanol–water partition coefficient (Wildman–Crippen LogP) is 4.97. The van der Waals surface area contributed by atoms with Gasteiger partial charge in [0.15, 0.2) is 6.61 Å². The summed E-state index contributed by atoms with van der Waals surface area (Å²) in [6, 6.07) is 13.0. The minimum Gasteiger partial charge on any atom is -0.508 e. The van der Waals surface area contributed by atoms with E-state index in [4.69, 9.17) is 33.0 Å². The molecule has 0 amide bonds. The van der Waals surface area contributed by atoms with Crippen molar-refractivity contribution in [1.82, 2.24) is 0 Å². The number of aliphatic carboxylic acids is 1. The van der Waals surface area contributed by atoms with Gasteiger partial charge in [0, 0.05) is 22.0 Å². The number of rotatable bonds is 7. The monoisotopic (exact) mass is 450 g/mol. The van der Waals surface area contributed by atoms with E-state index in [1.54, 1.807) is 12.1 Å². The van der Waals surface area contributed by atoms with Crippen LogP contribution in [0.1, 0.15) is 28.4 Å². The molecule has 3 N–H and O–H groups in total. The molecule has 1 unspecified atom stereocenters. The number of phenols is 1. The summed E-state index contributed by atoms with van der Waals surface area (Å²) in [6.07, 6.45) is -0.858. The van der Waals surface area contributed by atoms with Crippen LogP contribution >= 0.6 is 23.2 Å². The molecule has 0 aliphatic carbocycles. The molecule has 0 bridgehead atoms. The van der Waals surface area contributed by atoms with Crippen molar-refractivity contribution in [1.29, 1.82) is 0 Å². The van der Waals surface area contributed by atoms with Crippen molar-refractivity contribution in [3.8, 4) is 11.5 Å². The predicted molar refractivity (Wildman–Crippen MR) is 111 cm³/mol. The SMILES string of the molecule is O=C(O)COc1cc(Cl)c(Cc2ccc(O)c(C(O)c3ccc(F)cc3)c2)c(Cl)c1. The number of benzene rings is 3. The lowest BCUT2D eigenvalue weighted by molar-refractivity contribution is -0.139. The third-order valence-corrected chi connectivity index (χ3v) is 5.10. The number of hydrogen-bond acceptors (Lipinski definition) is 4. The number of aromatic hydroxyl groups is 1. The molecule has 0 radical (unpaired) electrons. The normalized spacial score (nSPS) is 11.9. The summed E-state index contributed by atoms with van der Waals surface area (Å²) in [5.41, 5.74) is 1.98. The third-order valence-electron chi connectivity index (χ3n) is 4.43. The average molecular weight is 451 g/mol. The highest BCUT2D eigenvalue weighted by molar-refractivity contribution is 6.36. The molecule has 0 aliphatic rings. The summed E-state index contributed by atoms with van der Waals surface area (Å²) >= 11 is 12.6. The van der Waals surface area contributed by atoms with E-state index in [0.29, 0.717) is 23.1 Å². The molecule has 0 spiro atoms. The summed E-state index contributed by atoms with van der Waals surface area (Å²) in [4.78, 5) is 10.6. The Hall–Kier alpha value is -2.80. The first kappa shape index (κ1) is 21.9. The standard InChI is InChI=1S/C22H17Cl2FO5/c23-18-9-15(30-11-21(27)28)10-19(24)16(18)7-12-1-6-20(26)17(8-12)22(29)13-2-4-14(25)5-3-13/h1-6,8-10,22,26,29H,7,11H2,(H,27,28). The van der Waals surface area contributed by atoms with Gasteiger partial charge in [-0.1, -0.05) is 41.4 Å². The molecule has 156 valence electrons. The van der Waals surface area contributed by atoms with Crippen LogP contribution in [-0.4, -0.2) is 27.9 Å². The Bertz CT molecular complexity index is 1050. The zero-order chi connectivity index (χ0) is 21.8. The maximum absolute atomic E-state index is 13.1. The highest BCUT2D eigenvalue weighted by Crippen LogP contribution is 2.35. The molecule has 0 saturated heterocycles. The first-order valence-corrected chi connectivity index (χ1v) is 9.58. The number of aliphatic hydroxyl groups is 1. The second-order valence-corrected chi connectivity index (χ2v) is 7.39. The molecule has 1 atom stereocenters. The number of carboxylic acids is 1. The van der Waals surface area contributed by atoms with Crippen molar-refractivity contribution >= 4 is 29.2 Å². The summed E-state index contributed by atoms with van der Waals surface area (Å²) in [5, 5.41) is 30.1. The maximum atomic E-state index is 13.1. The first-order valence-electron chi connectivity index (χ1n) is 8.82. The number of ether oxygens (including phenoxy) is 1. The zero-order valence-electron chi connectivity index (χ0n) is 15.5. The summed E-state index contributed by atoms with van der Waals surface area (Å²) in [5.74, 6) is -1.42. The minimum absolute atomic E-state index is 0.106. The summed E-state index contributed by atoms with van der Waals surface area (Å²) in [7, 11) is 0. The molecule has 0 aliphatic heterocycles. The third kappa shape index (κ3) is 5.21. The van der Waals surface area contributed by atoms with Crippen molar-refractivity contribution in [2.45, 2.75) is 12.5 Å². The second kappa shape index (κ2) is 9.34. The van der Waals surface area contributed by atoms with Crippen molar-refractivity contribution in [3.63, 3.8) is 0 Å². The summed E-state index contributed by atoms with van der Waals surface area (Å²) in [6.45, 7) is -0.519. The molecule has 8 heteroatoms. The van der Waals surface area contributed by atoms with E-state index in [9.17, 15) is 19.4 Å². The molecular weight excluding hydrogens is 434 g/mol. The van der Waals surface area contributed by atoms with Gasteiger partial charge < -0.3 is 20.1 Å². The van der Waals surface area contributed by atoms with Gasteiger partial charge in [-0.2, -0.15) is 0 Å². The van der Waals surface area contributed by atoms with Crippen molar-refractivity contribution in [3.05, 3.63) is 92.7 Å². The number of hydrogen-bond donors (Lipinski definition) is 3. The van der Waals surface area contributed by atoms with E-state index in [1.807, 2.05) is 0 Å². The van der Waals surface area contributed by atoms with E-state index in [2.05, 4.69) is 0 Å². The lowest BCUT2D eigenvalue weighted by Gasteiger charge is -2.16. The van der Waals surface area contributed by atoms with Gasteiger partial charge in [0.1, 0.15) is 23.4 Å². The van der Waals surface area contributed by atoms with Crippen LogP contribution in [0.15, 0.2) is 54.6 Å². The van der Waals surface area contributed by atoms with E-state index in [0.717, 1.165) is 0 Å². The van der Waals surface area contributed by atoms with Crippen LogP contribution in [-0.2, 0) is 11.2 Å². The Morgan fingerprint density at radius 3 is 2.27 bits per heavy atom. The topological polar surface area (TPSA) is 87.0 Å². The molecular formula is C22H17Cl2FO5. The fraction of sp³-hybridized carbons (Fsp3) is 0.136. The van der Waals surface area contributed by atoms with E-state index >= 15 is 0 Å². The Morgan fingerprint density at radius 1 is 1.03 bits per heavy atom. The highest BCUT2D eigenvalue weighted by atomic mass is 35.5. The molecule has 5 nitrogen and oxygen atoms in total. The molecule has 3 rings (SSSR count). The quantitative estimate of drug-likeness (QED) is 0.472. The van der Waals surface area contributed by atoms with Gasteiger partial charge in [-0.3, -0.25) is 0 Å². The van der Waals surface area contributed by atoms with Crippen molar-refractivity contribution in [2.24, 2.45) is 0 Å². The van der Waals surface area contributed by atoms with Gasteiger partial charge in [0.05, 0.1) is 0 Å². The van der Waals surface area contributed by atoms with Crippen molar-refractivity contribution < 1.29 is 29.2 Å². The fourth-order valence-corrected chi connectivity index (χ4v) is 3.54. The van der Waals surface area contributed by atoms with E-state index in [1.165, 1.54) is 42.5 Å². The highest BCUT2D eigenvalue weighted by Gasteiger charge is 2.17. The number of phenolic OH excluding ortho intramolecular Hbond substituents is 1.